The lowest BCUT2D eigenvalue weighted by atomic mass is 10.2. The fourth-order valence-electron chi connectivity index (χ4n) is 3.42. The Kier molecular flexibility index (Phi) is 6.91. The highest BCUT2D eigenvalue weighted by molar-refractivity contribution is 7.98. The molecular weight excluding hydrogens is 447 g/mol. The number of nitrogens with zero attached hydrogens (tertiary/aromatic N) is 1. The standard InChI is InChI=1S/C25H22Cl2N2OS/c1-17-6-8-18(9-7-17)16-31-24-15-29(23-5-3-2-4-21(23)24)13-12-28-25(30)20-11-10-19(26)14-22(20)27/h2-11,14-15H,12-13,16H2,1H3,(H,28,30). The minimum absolute atomic E-state index is 0.202. The monoisotopic (exact) mass is 468 g/mol. The summed E-state index contributed by atoms with van der Waals surface area (Å²) in [6.07, 6.45) is 2.17. The van der Waals surface area contributed by atoms with Gasteiger partial charge in [0.2, 0.25) is 0 Å². The Morgan fingerprint density at radius 3 is 2.58 bits per heavy atom. The van der Waals surface area contributed by atoms with E-state index in [-0.39, 0.29) is 5.91 Å². The number of amides is 1. The summed E-state index contributed by atoms with van der Waals surface area (Å²) >= 11 is 13.9. The average molecular weight is 469 g/mol. The summed E-state index contributed by atoms with van der Waals surface area (Å²) in [6, 6.07) is 21.9. The fourth-order valence-corrected chi connectivity index (χ4v) is 4.96. The molecular formula is C25H22Cl2N2OS. The van der Waals surface area contributed by atoms with Crippen molar-refractivity contribution >= 4 is 51.8 Å². The Balaban J connectivity index is 1.44. The molecule has 0 aliphatic rings. The Morgan fingerprint density at radius 2 is 1.81 bits per heavy atom. The fraction of sp³-hybridized carbons (Fsp3) is 0.160. The zero-order valence-corrected chi connectivity index (χ0v) is 19.4. The molecule has 1 amide bonds. The van der Waals surface area contributed by atoms with Crippen LogP contribution in [0.1, 0.15) is 21.5 Å². The highest BCUT2D eigenvalue weighted by atomic mass is 35.5. The van der Waals surface area contributed by atoms with Crippen LogP contribution in [0.2, 0.25) is 10.0 Å². The number of carbonyl (C=O) groups is 1. The molecule has 0 saturated heterocycles. The topological polar surface area (TPSA) is 34.0 Å². The van der Waals surface area contributed by atoms with E-state index >= 15 is 0 Å². The molecule has 0 fully saturated rings. The summed E-state index contributed by atoms with van der Waals surface area (Å²) in [6.45, 7) is 3.27. The van der Waals surface area contributed by atoms with Gasteiger partial charge in [-0.2, -0.15) is 0 Å². The van der Waals surface area contributed by atoms with Crippen molar-refractivity contribution in [1.29, 1.82) is 0 Å². The van der Waals surface area contributed by atoms with Crippen LogP contribution >= 0.6 is 35.0 Å². The van der Waals surface area contributed by atoms with Gasteiger partial charge in [-0.05, 0) is 36.8 Å². The van der Waals surface area contributed by atoms with Crippen molar-refractivity contribution in [2.24, 2.45) is 0 Å². The molecule has 0 unspecified atom stereocenters. The number of thioether (sulfide) groups is 1. The minimum atomic E-state index is -0.202. The summed E-state index contributed by atoms with van der Waals surface area (Å²) < 4.78 is 2.19. The van der Waals surface area contributed by atoms with Gasteiger partial charge >= 0.3 is 0 Å². The van der Waals surface area contributed by atoms with Gasteiger partial charge in [0, 0.05) is 45.9 Å². The van der Waals surface area contributed by atoms with E-state index in [1.54, 1.807) is 18.2 Å². The molecule has 4 aromatic rings. The molecule has 0 bridgehead atoms. The maximum absolute atomic E-state index is 12.5. The molecule has 3 aromatic carbocycles. The van der Waals surface area contributed by atoms with Crippen molar-refractivity contribution in [3.63, 3.8) is 0 Å². The van der Waals surface area contributed by atoms with E-state index in [2.05, 4.69) is 65.5 Å². The van der Waals surface area contributed by atoms with Gasteiger partial charge in [0.05, 0.1) is 10.6 Å². The molecule has 0 spiro atoms. The molecule has 1 aromatic heterocycles. The molecule has 0 saturated carbocycles. The second-order valence-electron chi connectivity index (χ2n) is 7.36. The van der Waals surface area contributed by atoms with Crippen molar-refractivity contribution in [3.8, 4) is 0 Å². The summed E-state index contributed by atoms with van der Waals surface area (Å²) in [5, 5.41) is 5.04. The van der Waals surface area contributed by atoms with E-state index in [1.165, 1.54) is 21.4 Å². The van der Waals surface area contributed by atoms with Crippen LogP contribution in [0.5, 0.6) is 0 Å². The van der Waals surface area contributed by atoms with E-state index in [9.17, 15) is 4.79 Å². The third kappa shape index (κ3) is 5.27. The van der Waals surface area contributed by atoms with Crippen LogP contribution in [0.25, 0.3) is 10.9 Å². The summed E-state index contributed by atoms with van der Waals surface area (Å²) in [4.78, 5) is 13.7. The van der Waals surface area contributed by atoms with Crippen molar-refractivity contribution in [3.05, 3.63) is 99.7 Å². The smallest absolute Gasteiger partial charge is 0.252 e. The van der Waals surface area contributed by atoms with Crippen molar-refractivity contribution in [2.75, 3.05) is 6.54 Å². The van der Waals surface area contributed by atoms with Gasteiger partial charge in [0.25, 0.3) is 5.91 Å². The predicted molar refractivity (Wildman–Crippen MR) is 131 cm³/mol. The molecule has 31 heavy (non-hydrogen) atoms. The largest absolute Gasteiger partial charge is 0.350 e. The first kappa shape index (κ1) is 21.8. The van der Waals surface area contributed by atoms with Gasteiger partial charge in [-0.15, -0.1) is 11.8 Å². The van der Waals surface area contributed by atoms with Gasteiger partial charge in [-0.1, -0.05) is 71.2 Å². The van der Waals surface area contributed by atoms with Crippen LogP contribution in [-0.2, 0) is 12.3 Å². The molecule has 0 aliphatic carbocycles. The number of para-hydroxylation sites is 1. The second kappa shape index (κ2) is 9.82. The van der Waals surface area contributed by atoms with Gasteiger partial charge < -0.3 is 9.88 Å². The number of hydrogen-bond acceptors (Lipinski definition) is 2. The lowest BCUT2D eigenvalue weighted by molar-refractivity contribution is 0.0952. The van der Waals surface area contributed by atoms with E-state index in [1.807, 2.05) is 17.8 Å². The molecule has 3 nitrogen and oxygen atoms in total. The summed E-state index contributed by atoms with van der Waals surface area (Å²) in [5.41, 5.74) is 4.16. The highest BCUT2D eigenvalue weighted by Gasteiger charge is 2.12. The lowest BCUT2D eigenvalue weighted by Crippen LogP contribution is -2.27. The molecule has 6 heteroatoms. The molecule has 0 radical (unpaired) electrons. The average Bonchev–Trinajstić information content (AvgIpc) is 3.11. The first-order valence-corrected chi connectivity index (χ1v) is 11.7. The number of fused-ring (bicyclic) bond motifs is 1. The van der Waals surface area contributed by atoms with Crippen molar-refractivity contribution in [2.45, 2.75) is 24.1 Å². The van der Waals surface area contributed by atoms with Gasteiger partial charge in [-0.3, -0.25) is 4.79 Å². The van der Waals surface area contributed by atoms with E-state index in [0.29, 0.717) is 28.7 Å². The Morgan fingerprint density at radius 1 is 1.03 bits per heavy atom. The number of aryl methyl sites for hydroxylation is 1. The van der Waals surface area contributed by atoms with Crippen LogP contribution < -0.4 is 5.32 Å². The number of rotatable bonds is 7. The molecule has 4 rings (SSSR count). The maximum atomic E-state index is 12.5. The lowest BCUT2D eigenvalue weighted by Gasteiger charge is -2.09. The van der Waals surface area contributed by atoms with Crippen LogP contribution in [0.3, 0.4) is 0 Å². The predicted octanol–water partition coefficient (Wildman–Crippen LogP) is 6.98. The first-order valence-electron chi connectivity index (χ1n) is 10.0. The van der Waals surface area contributed by atoms with Gasteiger partial charge in [0.15, 0.2) is 0 Å². The second-order valence-corrected chi connectivity index (χ2v) is 9.22. The zero-order valence-electron chi connectivity index (χ0n) is 17.1. The Bertz CT molecular complexity index is 1220. The molecule has 0 aliphatic heterocycles. The SMILES string of the molecule is Cc1ccc(CSc2cn(CCNC(=O)c3ccc(Cl)cc3Cl)c3ccccc23)cc1. The van der Waals surface area contributed by atoms with Crippen LogP contribution in [0.4, 0.5) is 0 Å². The third-order valence-electron chi connectivity index (χ3n) is 5.08. The van der Waals surface area contributed by atoms with E-state index in [0.717, 1.165) is 11.3 Å². The normalized spacial score (nSPS) is 11.1. The quantitative estimate of drug-likeness (QED) is 0.296. The number of aromatic nitrogens is 1. The Labute approximate surface area is 196 Å². The van der Waals surface area contributed by atoms with Crippen LogP contribution in [-0.4, -0.2) is 17.0 Å². The molecule has 1 N–H and O–H groups in total. The number of halogens is 2. The van der Waals surface area contributed by atoms with Crippen molar-refractivity contribution in [1.82, 2.24) is 9.88 Å². The highest BCUT2D eigenvalue weighted by Crippen LogP contribution is 2.32. The summed E-state index contributed by atoms with van der Waals surface area (Å²) in [7, 11) is 0. The molecule has 158 valence electrons. The third-order valence-corrected chi connectivity index (χ3v) is 6.74. The van der Waals surface area contributed by atoms with E-state index in [4.69, 9.17) is 23.2 Å². The zero-order chi connectivity index (χ0) is 21.8. The van der Waals surface area contributed by atoms with Crippen molar-refractivity contribution < 1.29 is 4.79 Å². The van der Waals surface area contributed by atoms with Crippen LogP contribution in [0, 0.1) is 6.92 Å². The van der Waals surface area contributed by atoms with E-state index < -0.39 is 0 Å². The number of hydrogen-bond donors (Lipinski definition) is 1. The maximum Gasteiger partial charge on any atom is 0.252 e. The Hall–Kier alpha value is -2.40. The van der Waals surface area contributed by atoms with Crippen LogP contribution in [0.15, 0.2) is 77.8 Å². The van der Waals surface area contributed by atoms with Gasteiger partial charge in [-0.25, -0.2) is 0 Å². The number of nitrogens with one attached hydrogen (secondary N) is 1. The summed E-state index contributed by atoms with van der Waals surface area (Å²) in [5.74, 6) is 0.715. The molecule has 1 heterocycles. The minimum Gasteiger partial charge on any atom is -0.350 e. The van der Waals surface area contributed by atoms with Gasteiger partial charge in [0.1, 0.15) is 0 Å². The molecule has 0 atom stereocenters. The number of carbonyl (C=O) groups excluding carboxylic acids is 1. The first-order chi connectivity index (χ1) is 15.0. The number of benzene rings is 3.